The van der Waals surface area contributed by atoms with Crippen molar-refractivity contribution in [1.29, 1.82) is 5.26 Å². The van der Waals surface area contributed by atoms with E-state index in [1.54, 1.807) is 31.2 Å². The average molecular weight is 239 g/mol. The fraction of sp³-hybridized carbons (Fsp3) is 0.300. The van der Waals surface area contributed by atoms with Crippen molar-refractivity contribution in [3.63, 3.8) is 0 Å². The molecule has 0 amide bonds. The summed E-state index contributed by atoms with van der Waals surface area (Å²) in [6, 6.07) is 6.52. The smallest absolute Gasteiger partial charge is 0.248 e. The number of nitrogens with one attached hydrogen (secondary N) is 1. The number of sulfonamides is 1. The Morgan fingerprint density at radius 2 is 2.12 bits per heavy atom. The average Bonchev–Trinajstić information content (AvgIpc) is 2.21. The van der Waals surface area contributed by atoms with Gasteiger partial charge in [-0.3, -0.25) is 4.72 Å². The minimum Gasteiger partial charge on any atom is -0.399 e. The van der Waals surface area contributed by atoms with E-state index in [-0.39, 0.29) is 0 Å². The van der Waals surface area contributed by atoms with Gasteiger partial charge in [0.2, 0.25) is 10.0 Å². The van der Waals surface area contributed by atoms with Crippen LogP contribution in [0.4, 0.5) is 11.4 Å². The lowest BCUT2D eigenvalue weighted by atomic mass is 10.2. The highest BCUT2D eigenvalue weighted by atomic mass is 32.2. The summed E-state index contributed by atoms with van der Waals surface area (Å²) < 4.78 is 25.6. The molecule has 0 bridgehead atoms. The summed E-state index contributed by atoms with van der Waals surface area (Å²) in [7, 11) is -3.65. The zero-order chi connectivity index (χ0) is 12.3. The van der Waals surface area contributed by atoms with Gasteiger partial charge < -0.3 is 5.73 Å². The van der Waals surface area contributed by atoms with Crippen molar-refractivity contribution < 1.29 is 8.42 Å². The van der Waals surface area contributed by atoms with Gasteiger partial charge in [-0.05, 0) is 37.6 Å². The maximum Gasteiger partial charge on any atom is 0.248 e. The van der Waals surface area contributed by atoms with Crippen molar-refractivity contribution in [3.8, 4) is 6.07 Å². The van der Waals surface area contributed by atoms with Crippen LogP contribution in [0.25, 0.3) is 0 Å². The molecule has 1 aromatic rings. The molecule has 0 aliphatic carbocycles. The molecule has 0 aliphatic rings. The van der Waals surface area contributed by atoms with Gasteiger partial charge >= 0.3 is 0 Å². The van der Waals surface area contributed by atoms with Crippen molar-refractivity contribution in [1.82, 2.24) is 0 Å². The molecule has 3 N–H and O–H groups in total. The Morgan fingerprint density at radius 1 is 1.50 bits per heavy atom. The Balaban J connectivity index is 3.03. The summed E-state index contributed by atoms with van der Waals surface area (Å²) in [6.07, 6.45) is 0. The Hall–Kier alpha value is -1.74. The highest BCUT2D eigenvalue weighted by Gasteiger charge is 2.20. The van der Waals surface area contributed by atoms with Crippen LogP contribution < -0.4 is 10.5 Å². The molecule has 5 nitrogen and oxygen atoms in total. The van der Waals surface area contributed by atoms with E-state index in [9.17, 15) is 8.42 Å². The van der Waals surface area contributed by atoms with Crippen molar-refractivity contribution in [2.45, 2.75) is 19.1 Å². The molecule has 86 valence electrons. The summed E-state index contributed by atoms with van der Waals surface area (Å²) in [4.78, 5) is 0. The number of nitrogen functional groups attached to an aromatic ring is 1. The van der Waals surface area contributed by atoms with Gasteiger partial charge in [0, 0.05) is 5.69 Å². The number of benzene rings is 1. The van der Waals surface area contributed by atoms with Crippen LogP contribution in [-0.2, 0) is 10.0 Å². The van der Waals surface area contributed by atoms with Crippen LogP contribution in [0.2, 0.25) is 0 Å². The van der Waals surface area contributed by atoms with Crippen LogP contribution in [0.3, 0.4) is 0 Å². The number of nitrogens with zero attached hydrogens (tertiary/aromatic N) is 1. The second kappa shape index (κ2) is 4.41. The molecule has 0 heterocycles. The number of hydrogen-bond acceptors (Lipinski definition) is 4. The molecule has 0 fully saturated rings. The summed E-state index contributed by atoms with van der Waals surface area (Å²) in [5.41, 5.74) is 7.27. The fourth-order valence-electron chi connectivity index (χ4n) is 1.11. The van der Waals surface area contributed by atoms with E-state index in [4.69, 9.17) is 11.0 Å². The maximum absolute atomic E-state index is 11.6. The fourth-order valence-corrected chi connectivity index (χ4v) is 1.96. The lowest BCUT2D eigenvalue weighted by Gasteiger charge is -2.11. The van der Waals surface area contributed by atoms with Gasteiger partial charge in [0.1, 0.15) is 0 Å². The third-order valence-corrected chi connectivity index (χ3v) is 3.69. The Bertz CT molecular complexity index is 531. The van der Waals surface area contributed by atoms with Crippen LogP contribution >= 0.6 is 0 Å². The summed E-state index contributed by atoms with van der Waals surface area (Å²) in [5.74, 6) is 0. The second-order valence-electron chi connectivity index (χ2n) is 3.49. The zero-order valence-electron chi connectivity index (χ0n) is 9.06. The number of anilines is 2. The largest absolute Gasteiger partial charge is 0.399 e. The third-order valence-electron chi connectivity index (χ3n) is 2.15. The number of nitriles is 1. The van der Waals surface area contributed by atoms with E-state index in [1.165, 1.54) is 6.92 Å². The highest BCUT2D eigenvalue weighted by molar-refractivity contribution is 7.93. The third kappa shape index (κ3) is 2.64. The normalized spacial score (nSPS) is 12.8. The number of rotatable bonds is 3. The summed E-state index contributed by atoms with van der Waals surface area (Å²) in [6.45, 7) is 3.07. The predicted molar refractivity (Wildman–Crippen MR) is 63.2 cm³/mol. The van der Waals surface area contributed by atoms with Crippen LogP contribution in [0.15, 0.2) is 18.2 Å². The Kier molecular flexibility index (Phi) is 3.40. The van der Waals surface area contributed by atoms with Gasteiger partial charge in [-0.15, -0.1) is 0 Å². The highest BCUT2D eigenvalue weighted by Crippen LogP contribution is 2.19. The van der Waals surface area contributed by atoms with E-state index >= 15 is 0 Å². The first-order chi connectivity index (χ1) is 7.36. The molecule has 0 aliphatic heterocycles. The SMILES string of the molecule is Cc1cc(N)ccc1NS(=O)(=O)C(C)C#N. The first-order valence-electron chi connectivity index (χ1n) is 4.64. The van der Waals surface area contributed by atoms with E-state index in [0.717, 1.165) is 0 Å². The Labute approximate surface area is 94.9 Å². The first kappa shape index (κ1) is 12.3. The van der Waals surface area contributed by atoms with E-state index in [1.807, 2.05) is 0 Å². The molecule has 1 unspecified atom stereocenters. The van der Waals surface area contributed by atoms with Gasteiger partial charge in [-0.2, -0.15) is 5.26 Å². The molecule has 0 aromatic heterocycles. The van der Waals surface area contributed by atoms with Crippen molar-refractivity contribution in [2.75, 3.05) is 10.5 Å². The molecule has 1 rings (SSSR count). The molecule has 1 aromatic carbocycles. The van der Waals surface area contributed by atoms with E-state index in [2.05, 4.69) is 4.72 Å². The van der Waals surface area contributed by atoms with Crippen LogP contribution in [0.1, 0.15) is 12.5 Å². The monoisotopic (exact) mass is 239 g/mol. The molecule has 16 heavy (non-hydrogen) atoms. The van der Waals surface area contributed by atoms with Gasteiger partial charge in [0.25, 0.3) is 0 Å². The standard InChI is InChI=1S/C10H13N3O2S/c1-7-5-9(12)3-4-10(7)13-16(14,15)8(2)6-11/h3-5,8,13H,12H2,1-2H3. The quantitative estimate of drug-likeness (QED) is 0.775. The van der Waals surface area contributed by atoms with Crippen molar-refractivity contribution in [2.24, 2.45) is 0 Å². The molecule has 0 spiro atoms. The summed E-state index contributed by atoms with van der Waals surface area (Å²) in [5, 5.41) is 7.48. The molecule has 0 saturated carbocycles. The number of hydrogen-bond donors (Lipinski definition) is 2. The van der Waals surface area contributed by atoms with Crippen LogP contribution in [-0.4, -0.2) is 13.7 Å². The molecule has 0 saturated heterocycles. The topological polar surface area (TPSA) is 96.0 Å². The lowest BCUT2D eigenvalue weighted by Crippen LogP contribution is -2.24. The molecule has 0 radical (unpaired) electrons. The number of nitrogens with two attached hydrogens (primary N) is 1. The van der Waals surface area contributed by atoms with Gasteiger partial charge in [0.15, 0.2) is 5.25 Å². The van der Waals surface area contributed by atoms with Crippen molar-refractivity contribution in [3.05, 3.63) is 23.8 Å². The van der Waals surface area contributed by atoms with Gasteiger partial charge in [-0.1, -0.05) is 0 Å². The Morgan fingerprint density at radius 3 is 2.62 bits per heavy atom. The predicted octanol–water partition coefficient (Wildman–Crippen LogP) is 1.23. The summed E-state index contributed by atoms with van der Waals surface area (Å²) >= 11 is 0. The molecular formula is C10H13N3O2S. The zero-order valence-corrected chi connectivity index (χ0v) is 9.88. The maximum atomic E-state index is 11.6. The van der Waals surface area contributed by atoms with Gasteiger partial charge in [-0.25, -0.2) is 8.42 Å². The second-order valence-corrected chi connectivity index (χ2v) is 5.49. The van der Waals surface area contributed by atoms with E-state index in [0.29, 0.717) is 16.9 Å². The lowest BCUT2D eigenvalue weighted by molar-refractivity contribution is 0.597. The minimum absolute atomic E-state index is 0.441. The minimum atomic E-state index is -3.65. The van der Waals surface area contributed by atoms with Crippen molar-refractivity contribution >= 4 is 21.4 Å². The van der Waals surface area contributed by atoms with E-state index < -0.39 is 15.3 Å². The molecule has 6 heteroatoms. The van der Waals surface area contributed by atoms with Crippen LogP contribution in [0, 0.1) is 18.3 Å². The first-order valence-corrected chi connectivity index (χ1v) is 6.19. The van der Waals surface area contributed by atoms with Gasteiger partial charge in [0.05, 0.1) is 11.8 Å². The molecule has 1 atom stereocenters. The van der Waals surface area contributed by atoms with Crippen LogP contribution in [0.5, 0.6) is 0 Å². The number of aryl methyl sites for hydroxylation is 1. The molecular weight excluding hydrogens is 226 g/mol.